The Morgan fingerprint density at radius 1 is 1.20 bits per heavy atom. The Bertz CT molecular complexity index is 623. The summed E-state index contributed by atoms with van der Waals surface area (Å²) in [7, 11) is 0. The van der Waals surface area contributed by atoms with Gasteiger partial charge in [-0.3, -0.25) is 4.79 Å². The highest BCUT2D eigenvalue weighted by Crippen LogP contribution is 2.31. The fourth-order valence-electron chi connectivity index (χ4n) is 2.36. The third-order valence-electron chi connectivity index (χ3n) is 3.49. The summed E-state index contributed by atoms with van der Waals surface area (Å²) in [6.07, 6.45) is 0. The molecule has 0 saturated carbocycles. The van der Waals surface area contributed by atoms with E-state index >= 15 is 0 Å². The van der Waals surface area contributed by atoms with Gasteiger partial charge in [-0.1, -0.05) is 30.3 Å². The van der Waals surface area contributed by atoms with Crippen LogP contribution >= 0.6 is 0 Å². The van der Waals surface area contributed by atoms with Gasteiger partial charge in [-0.2, -0.15) is 0 Å². The van der Waals surface area contributed by atoms with Crippen molar-refractivity contribution in [2.24, 2.45) is 5.73 Å². The fourth-order valence-corrected chi connectivity index (χ4v) is 2.36. The van der Waals surface area contributed by atoms with Crippen LogP contribution in [0.4, 0.5) is 0 Å². The lowest BCUT2D eigenvalue weighted by molar-refractivity contribution is 0.100. The van der Waals surface area contributed by atoms with E-state index in [4.69, 9.17) is 10.5 Å². The smallest absolute Gasteiger partial charge is 0.248 e. The SMILES string of the molecule is NC(=O)c1ccc(CNC2COc3ccccc32)cc1. The van der Waals surface area contributed by atoms with Crippen LogP contribution in [0.25, 0.3) is 0 Å². The Hall–Kier alpha value is -2.33. The lowest BCUT2D eigenvalue weighted by Gasteiger charge is -2.11. The normalized spacial score (nSPS) is 16.5. The van der Waals surface area contributed by atoms with Crippen molar-refractivity contribution in [2.45, 2.75) is 12.6 Å². The summed E-state index contributed by atoms with van der Waals surface area (Å²) in [5.41, 5.74) is 8.06. The van der Waals surface area contributed by atoms with Gasteiger partial charge < -0.3 is 15.8 Å². The van der Waals surface area contributed by atoms with Crippen LogP contribution in [0.3, 0.4) is 0 Å². The monoisotopic (exact) mass is 268 g/mol. The number of hydrogen-bond donors (Lipinski definition) is 2. The predicted molar refractivity (Wildman–Crippen MR) is 76.5 cm³/mol. The Morgan fingerprint density at radius 3 is 2.70 bits per heavy atom. The number of carbonyl (C=O) groups excluding carboxylic acids is 1. The number of para-hydroxylation sites is 1. The molecule has 2 aromatic carbocycles. The van der Waals surface area contributed by atoms with Gasteiger partial charge in [0, 0.05) is 17.7 Å². The Balaban J connectivity index is 1.64. The number of rotatable bonds is 4. The number of ether oxygens (including phenoxy) is 1. The van der Waals surface area contributed by atoms with E-state index in [1.165, 1.54) is 5.56 Å². The van der Waals surface area contributed by atoms with Crippen LogP contribution in [0.5, 0.6) is 5.75 Å². The predicted octanol–water partition coefficient (Wildman–Crippen LogP) is 2.01. The molecule has 0 saturated heterocycles. The van der Waals surface area contributed by atoms with Crippen molar-refractivity contribution >= 4 is 5.91 Å². The van der Waals surface area contributed by atoms with Crippen molar-refractivity contribution in [3.63, 3.8) is 0 Å². The van der Waals surface area contributed by atoms with Gasteiger partial charge in [-0.05, 0) is 23.8 Å². The lowest BCUT2D eigenvalue weighted by Crippen LogP contribution is -2.22. The number of carbonyl (C=O) groups is 1. The minimum absolute atomic E-state index is 0.210. The maximum Gasteiger partial charge on any atom is 0.248 e. The number of fused-ring (bicyclic) bond motifs is 1. The summed E-state index contributed by atoms with van der Waals surface area (Å²) >= 11 is 0. The van der Waals surface area contributed by atoms with Crippen molar-refractivity contribution in [1.29, 1.82) is 0 Å². The summed E-state index contributed by atoms with van der Waals surface area (Å²) < 4.78 is 5.63. The first-order valence-corrected chi connectivity index (χ1v) is 6.58. The van der Waals surface area contributed by atoms with E-state index < -0.39 is 5.91 Å². The minimum Gasteiger partial charge on any atom is -0.491 e. The van der Waals surface area contributed by atoms with E-state index in [0.717, 1.165) is 17.9 Å². The molecule has 0 aliphatic carbocycles. The van der Waals surface area contributed by atoms with Gasteiger partial charge in [-0.25, -0.2) is 0 Å². The van der Waals surface area contributed by atoms with Gasteiger partial charge in [0.25, 0.3) is 0 Å². The Morgan fingerprint density at radius 2 is 1.95 bits per heavy atom. The first-order valence-electron chi connectivity index (χ1n) is 6.58. The van der Waals surface area contributed by atoms with E-state index in [1.54, 1.807) is 12.1 Å². The van der Waals surface area contributed by atoms with Crippen LogP contribution in [-0.2, 0) is 6.54 Å². The molecule has 1 amide bonds. The highest BCUT2D eigenvalue weighted by atomic mass is 16.5. The summed E-state index contributed by atoms with van der Waals surface area (Å²) in [5.74, 6) is 0.553. The van der Waals surface area contributed by atoms with Crippen LogP contribution in [-0.4, -0.2) is 12.5 Å². The molecular weight excluding hydrogens is 252 g/mol. The maximum absolute atomic E-state index is 11.0. The molecule has 0 radical (unpaired) electrons. The third-order valence-corrected chi connectivity index (χ3v) is 3.49. The number of hydrogen-bond acceptors (Lipinski definition) is 3. The summed E-state index contributed by atoms with van der Waals surface area (Å²) in [6.45, 7) is 1.38. The zero-order valence-corrected chi connectivity index (χ0v) is 11.0. The summed E-state index contributed by atoms with van der Waals surface area (Å²) in [5, 5.41) is 3.46. The van der Waals surface area contributed by atoms with Crippen LogP contribution in [0.15, 0.2) is 48.5 Å². The number of amides is 1. The molecule has 102 valence electrons. The largest absolute Gasteiger partial charge is 0.491 e. The van der Waals surface area contributed by atoms with Crippen molar-refractivity contribution < 1.29 is 9.53 Å². The molecule has 4 heteroatoms. The quantitative estimate of drug-likeness (QED) is 0.891. The van der Waals surface area contributed by atoms with Gasteiger partial charge >= 0.3 is 0 Å². The first kappa shape index (κ1) is 12.7. The molecule has 0 aromatic heterocycles. The minimum atomic E-state index is -0.400. The number of nitrogens with one attached hydrogen (secondary N) is 1. The van der Waals surface area contributed by atoms with Gasteiger partial charge in [0.2, 0.25) is 5.91 Å². The molecule has 1 heterocycles. The Labute approximate surface area is 117 Å². The van der Waals surface area contributed by atoms with Gasteiger partial charge in [0.15, 0.2) is 0 Å². The van der Waals surface area contributed by atoms with E-state index in [1.807, 2.05) is 30.3 Å². The molecule has 4 nitrogen and oxygen atoms in total. The molecule has 0 bridgehead atoms. The van der Waals surface area contributed by atoms with E-state index in [2.05, 4.69) is 11.4 Å². The highest BCUT2D eigenvalue weighted by molar-refractivity contribution is 5.92. The van der Waals surface area contributed by atoms with Crippen molar-refractivity contribution in [3.8, 4) is 5.75 Å². The second-order valence-corrected chi connectivity index (χ2v) is 4.84. The zero-order chi connectivity index (χ0) is 13.9. The maximum atomic E-state index is 11.0. The molecule has 1 aliphatic rings. The van der Waals surface area contributed by atoms with E-state index in [0.29, 0.717) is 12.2 Å². The average molecular weight is 268 g/mol. The topological polar surface area (TPSA) is 64.4 Å². The molecule has 1 unspecified atom stereocenters. The van der Waals surface area contributed by atoms with Gasteiger partial charge in [-0.15, -0.1) is 0 Å². The van der Waals surface area contributed by atoms with Crippen molar-refractivity contribution in [1.82, 2.24) is 5.32 Å². The van der Waals surface area contributed by atoms with Gasteiger partial charge in [0.05, 0.1) is 6.04 Å². The summed E-state index contributed by atoms with van der Waals surface area (Å²) in [6, 6.07) is 15.6. The molecule has 20 heavy (non-hydrogen) atoms. The van der Waals surface area contributed by atoms with Crippen LogP contribution in [0, 0.1) is 0 Å². The van der Waals surface area contributed by atoms with Crippen LogP contribution in [0.1, 0.15) is 27.5 Å². The first-order chi connectivity index (χ1) is 9.74. The number of benzene rings is 2. The molecule has 1 atom stereocenters. The molecule has 3 rings (SSSR count). The Kier molecular flexibility index (Phi) is 3.39. The van der Waals surface area contributed by atoms with Crippen LogP contribution < -0.4 is 15.8 Å². The molecule has 2 aromatic rings. The van der Waals surface area contributed by atoms with E-state index in [9.17, 15) is 4.79 Å². The molecular formula is C16H16N2O2. The van der Waals surface area contributed by atoms with Crippen molar-refractivity contribution in [2.75, 3.05) is 6.61 Å². The molecule has 0 spiro atoms. The summed E-state index contributed by atoms with van der Waals surface area (Å²) in [4.78, 5) is 11.0. The lowest BCUT2D eigenvalue weighted by atomic mass is 10.1. The zero-order valence-electron chi connectivity index (χ0n) is 11.0. The van der Waals surface area contributed by atoms with Crippen molar-refractivity contribution in [3.05, 3.63) is 65.2 Å². The second-order valence-electron chi connectivity index (χ2n) is 4.84. The highest BCUT2D eigenvalue weighted by Gasteiger charge is 2.22. The van der Waals surface area contributed by atoms with E-state index in [-0.39, 0.29) is 6.04 Å². The number of primary amides is 1. The fraction of sp³-hybridized carbons (Fsp3) is 0.188. The molecule has 3 N–H and O–H groups in total. The number of nitrogens with two attached hydrogens (primary N) is 1. The second kappa shape index (κ2) is 5.35. The third kappa shape index (κ3) is 2.51. The molecule has 1 aliphatic heterocycles. The average Bonchev–Trinajstić information content (AvgIpc) is 2.89. The molecule has 0 fully saturated rings. The standard InChI is InChI=1S/C16H16N2O2/c17-16(19)12-7-5-11(6-8-12)9-18-14-10-20-15-4-2-1-3-13(14)15/h1-8,14,18H,9-10H2,(H2,17,19). The van der Waals surface area contributed by atoms with Crippen LogP contribution in [0.2, 0.25) is 0 Å². The van der Waals surface area contributed by atoms with Gasteiger partial charge in [0.1, 0.15) is 12.4 Å².